The summed E-state index contributed by atoms with van der Waals surface area (Å²) in [6, 6.07) is 0. The van der Waals surface area contributed by atoms with Gasteiger partial charge in [0.15, 0.2) is 11.9 Å². The Labute approximate surface area is 196 Å². The van der Waals surface area contributed by atoms with E-state index in [9.17, 15) is 9.59 Å². The molecule has 0 bridgehead atoms. The molecule has 0 aromatic carbocycles. The van der Waals surface area contributed by atoms with Gasteiger partial charge in [0.05, 0.1) is 0 Å². The number of hydrogen-bond acceptors (Lipinski definition) is 3. The van der Waals surface area contributed by atoms with Crippen molar-refractivity contribution in [1.82, 2.24) is 0 Å². The van der Waals surface area contributed by atoms with Crippen LogP contribution in [0, 0.1) is 52.3 Å². The summed E-state index contributed by atoms with van der Waals surface area (Å²) in [6.07, 6.45) is 13.1. The molecule has 0 saturated heterocycles. The van der Waals surface area contributed by atoms with Crippen molar-refractivity contribution < 1.29 is 14.3 Å². The van der Waals surface area contributed by atoms with E-state index in [1.165, 1.54) is 71.1 Å². The summed E-state index contributed by atoms with van der Waals surface area (Å²) >= 11 is 0. The van der Waals surface area contributed by atoms with Crippen molar-refractivity contribution in [3.63, 3.8) is 0 Å². The highest BCUT2D eigenvalue weighted by Gasteiger charge is 2.65. The Morgan fingerprint density at radius 2 is 1.66 bits per heavy atom. The SMILES string of the molecule is CC(=O)O[C@@H]1C(=O)[C@@H]2[C@@H]3CC[C@H]([C@H](C)CCCC(C)C)[C@]3(C)CC[C@@H]2[C@]2(C)CCCC[C@H]12. The third-order valence-corrected chi connectivity index (χ3v) is 10.9. The number of fused-ring (bicyclic) bond motifs is 5. The number of carbonyl (C=O) groups excluding carboxylic acids is 2. The van der Waals surface area contributed by atoms with Crippen molar-refractivity contribution in [2.75, 3.05) is 0 Å². The van der Waals surface area contributed by atoms with E-state index in [0.29, 0.717) is 17.6 Å². The molecule has 0 aromatic heterocycles. The van der Waals surface area contributed by atoms with Gasteiger partial charge < -0.3 is 4.74 Å². The van der Waals surface area contributed by atoms with Gasteiger partial charge in [-0.3, -0.25) is 9.59 Å². The minimum absolute atomic E-state index is 0.102. The van der Waals surface area contributed by atoms with E-state index >= 15 is 0 Å². The molecular weight excluding hydrogens is 396 g/mol. The highest BCUT2D eigenvalue weighted by atomic mass is 16.5. The van der Waals surface area contributed by atoms with Gasteiger partial charge >= 0.3 is 5.97 Å². The molecule has 0 N–H and O–H groups in total. The molecule has 0 aliphatic heterocycles. The Morgan fingerprint density at radius 3 is 2.34 bits per heavy atom. The Kier molecular flexibility index (Phi) is 6.87. The van der Waals surface area contributed by atoms with Crippen LogP contribution in [-0.2, 0) is 14.3 Å². The van der Waals surface area contributed by atoms with E-state index in [1.807, 2.05) is 0 Å². The van der Waals surface area contributed by atoms with Gasteiger partial charge in [-0.25, -0.2) is 0 Å². The largest absolute Gasteiger partial charge is 0.454 e. The lowest BCUT2D eigenvalue weighted by molar-refractivity contribution is -0.190. The van der Waals surface area contributed by atoms with E-state index in [4.69, 9.17) is 4.74 Å². The molecule has 9 atom stereocenters. The number of Topliss-reactive ketones (excluding diaryl/α,β-unsaturated/α-hetero) is 1. The maximum atomic E-state index is 14.0. The summed E-state index contributed by atoms with van der Waals surface area (Å²) in [5, 5.41) is 0. The van der Waals surface area contributed by atoms with E-state index < -0.39 is 6.10 Å². The average Bonchev–Trinajstić information content (AvgIpc) is 3.07. The highest BCUT2D eigenvalue weighted by molar-refractivity contribution is 5.89. The fraction of sp³-hybridized carbons (Fsp3) is 0.931. The third kappa shape index (κ3) is 3.98. The molecule has 0 heterocycles. The van der Waals surface area contributed by atoms with E-state index in [1.54, 1.807) is 0 Å². The molecule has 0 radical (unpaired) electrons. The average molecular weight is 445 g/mol. The first kappa shape index (κ1) is 24.3. The summed E-state index contributed by atoms with van der Waals surface area (Å²) in [5.74, 6) is 3.56. The molecule has 4 aliphatic rings. The Bertz CT molecular complexity index is 713. The minimum atomic E-state index is -0.496. The second kappa shape index (κ2) is 9.06. The zero-order valence-electron chi connectivity index (χ0n) is 21.6. The molecule has 0 amide bonds. The van der Waals surface area contributed by atoms with E-state index in [2.05, 4.69) is 34.6 Å². The fourth-order valence-corrected chi connectivity index (χ4v) is 9.35. The van der Waals surface area contributed by atoms with Gasteiger partial charge in [0.25, 0.3) is 0 Å². The quantitative estimate of drug-likeness (QED) is 0.406. The summed E-state index contributed by atoms with van der Waals surface area (Å²) in [7, 11) is 0. The van der Waals surface area contributed by atoms with E-state index in [0.717, 1.165) is 24.2 Å². The molecule has 4 rings (SSSR count). The van der Waals surface area contributed by atoms with Crippen LogP contribution in [0.3, 0.4) is 0 Å². The van der Waals surface area contributed by atoms with Crippen LogP contribution in [0.2, 0.25) is 0 Å². The van der Waals surface area contributed by atoms with Gasteiger partial charge in [0.1, 0.15) is 0 Å². The second-order valence-corrected chi connectivity index (χ2v) is 13.1. The van der Waals surface area contributed by atoms with Crippen LogP contribution in [0.4, 0.5) is 0 Å². The third-order valence-electron chi connectivity index (χ3n) is 10.9. The maximum Gasteiger partial charge on any atom is 0.303 e. The first-order chi connectivity index (χ1) is 15.1. The van der Waals surface area contributed by atoms with Crippen molar-refractivity contribution in [2.45, 2.75) is 118 Å². The number of ether oxygens (including phenoxy) is 1. The van der Waals surface area contributed by atoms with Gasteiger partial charge in [-0.1, -0.05) is 66.7 Å². The molecule has 0 spiro atoms. The summed E-state index contributed by atoms with van der Waals surface area (Å²) in [6.45, 7) is 13.6. The van der Waals surface area contributed by atoms with Crippen molar-refractivity contribution in [3.05, 3.63) is 0 Å². The number of carbonyl (C=O) groups is 2. The summed E-state index contributed by atoms with van der Waals surface area (Å²) in [5.41, 5.74) is 0.423. The Morgan fingerprint density at radius 1 is 0.938 bits per heavy atom. The lowest BCUT2D eigenvalue weighted by Crippen LogP contribution is -2.62. The lowest BCUT2D eigenvalue weighted by atomic mass is 9.43. The predicted molar refractivity (Wildman–Crippen MR) is 129 cm³/mol. The van der Waals surface area contributed by atoms with E-state index in [-0.39, 0.29) is 28.6 Å². The standard InChI is InChI=1S/C29H48O3/c1-18(2)10-9-11-19(3)21-13-14-22-25-23(15-17-29(21,22)6)28(5)16-8-7-12-24(28)27(26(25)31)32-20(4)30/h18-19,21-25,27H,7-17H2,1-6H3/t19-,21-,22+,23+,24-,25-,27+,28+,29+/m1/s1. The molecular formula is C29H48O3. The number of hydrogen-bond donors (Lipinski definition) is 0. The summed E-state index contributed by atoms with van der Waals surface area (Å²) < 4.78 is 5.83. The van der Waals surface area contributed by atoms with Crippen LogP contribution < -0.4 is 0 Å². The topological polar surface area (TPSA) is 43.4 Å². The van der Waals surface area contributed by atoms with Crippen LogP contribution in [-0.4, -0.2) is 17.9 Å². The monoisotopic (exact) mass is 444 g/mol. The van der Waals surface area contributed by atoms with Crippen molar-refractivity contribution in [3.8, 4) is 0 Å². The number of rotatable bonds is 6. The molecule has 182 valence electrons. The molecule has 3 nitrogen and oxygen atoms in total. The Hall–Kier alpha value is -0.860. The highest BCUT2D eigenvalue weighted by Crippen LogP contribution is 2.68. The van der Waals surface area contributed by atoms with Crippen LogP contribution >= 0.6 is 0 Å². The van der Waals surface area contributed by atoms with Crippen LogP contribution in [0.15, 0.2) is 0 Å². The summed E-state index contributed by atoms with van der Waals surface area (Å²) in [4.78, 5) is 26.0. The van der Waals surface area contributed by atoms with Gasteiger partial charge in [0.2, 0.25) is 0 Å². The smallest absolute Gasteiger partial charge is 0.303 e. The molecule has 4 fully saturated rings. The fourth-order valence-electron chi connectivity index (χ4n) is 9.35. The molecule has 32 heavy (non-hydrogen) atoms. The maximum absolute atomic E-state index is 14.0. The van der Waals surface area contributed by atoms with Gasteiger partial charge in [-0.05, 0) is 78.9 Å². The first-order valence-electron chi connectivity index (χ1n) is 13.8. The molecule has 4 saturated carbocycles. The first-order valence-corrected chi connectivity index (χ1v) is 13.8. The zero-order chi connectivity index (χ0) is 23.3. The van der Waals surface area contributed by atoms with Gasteiger partial charge in [-0.2, -0.15) is 0 Å². The normalized spacial score (nSPS) is 44.5. The van der Waals surface area contributed by atoms with Gasteiger partial charge in [0, 0.05) is 18.8 Å². The molecule has 0 aromatic rings. The van der Waals surface area contributed by atoms with Crippen molar-refractivity contribution >= 4 is 11.8 Å². The molecule has 3 heteroatoms. The van der Waals surface area contributed by atoms with Gasteiger partial charge in [-0.15, -0.1) is 0 Å². The minimum Gasteiger partial charge on any atom is -0.454 e. The molecule has 4 aliphatic carbocycles. The molecule has 0 unspecified atom stereocenters. The van der Waals surface area contributed by atoms with Crippen LogP contribution in [0.5, 0.6) is 0 Å². The van der Waals surface area contributed by atoms with Crippen LogP contribution in [0.25, 0.3) is 0 Å². The lowest BCUT2D eigenvalue weighted by Gasteiger charge is -2.61. The number of esters is 1. The second-order valence-electron chi connectivity index (χ2n) is 13.1. The van der Waals surface area contributed by atoms with Crippen molar-refractivity contribution in [1.29, 1.82) is 0 Å². The number of ketones is 1. The predicted octanol–water partition coefficient (Wildman–Crippen LogP) is 7.22. The van der Waals surface area contributed by atoms with Crippen molar-refractivity contribution in [2.24, 2.45) is 52.3 Å². The Balaban J connectivity index is 1.59. The zero-order valence-corrected chi connectivity index (χ0v) is 21.6. The van der Waals surface area contributed by atoms with Crippen LogP contribution in [0.1, 0.15) is 112 Å².